The first-order valence-electron chi connectivity index (χ1n) is 9.38. The molecule has 2 heterocycles. The predicted octanol–water partition coefficient (Wildman–Crippen LogP) is 3.89. The molecule has 0 atom stereocenters. The van der Waals surface area contributed by atoms with E-state index < -0.39 is 21.9 Å². The largest absolute Gasteiger partial charge is 0.493 e. The number of nitrogens with zero attached hydrogens (tertiary/aromatic N) is 6. The third-order valence-corrected chi connectivity index (χ3v) is 4.39. The molecule has 4 aromatic rings. The molecule has 0 unspecified atom stereocenters. The number of primary amides is 2. The number of azo groups is 2. The van der Waals surface area contributed by atoms with Crippen LogP contribution in [0.4, 0.5) is 32.3 Å². The maximum absolute atomic E-state index is 10.6. The van der Waals surface area contributed by atoms with E-state index in [0.717, 1.165) is 0 Å². The minimum Gasteiger partial charge on any atom is -0.493 e. The molecule has 2 aromatic carbocycles. The van der Waals surface area contributed by atoms with Gasteiger partial charge in [0.25, 0.3) is 11.4 Å². The van der Waals surface area contributed by atoms with E-state index >= 15 is 0 Å². The normalized spacial score (nSPS) is 10.8. The third kappa shape index (κ3) is 6.38. The summed E-state index contributed by atoms with van der Waals surface area (Å²) < 4.78 is 0. The smallest absolute Gasteiger partial charge is 0.356 e. The van der Waals surface area contributed by atoms with Crippen LogP contribution >= 0.6 is 0 Å². The second-order valence-corrected chi connectivity index (χ2v) is 6.69. The number of rotatable bonds is 4. The molecule has 0 bridgehead atoms. The van der Waals surface area contributed by atoms with Crippen LogP contribution < -0.4 is 11.5 Å². The molecule has 0 spiro atoms. The average molecular weight is 553 g/mol. The molecular formula is C18H14MnN10O8. The Morgan fingerprint density at radius 3 is 1.41 bits per heavy atom. The van der Waals surface area contributed by atoms with Gasteiger partial charge >= 0.3 is 12.1 Å². The first-order valence-corrected chi connectivity index (χ1v) is 9.38. The number of aromatic hydroxyl groups is 2. The molecule has 0 saturated heterocycles. The zero-order chi connectivity index (χ0) is 26.6. The molecule has 191 valence electrons. The summed E-state index contributed by atoms with van der Waals surface area (Å²) in [5.41, 5.74) is 9.93. The Labute approximate surface area is 213 Å². The maximum atomic E-state index is 10.6. The summed E-state index contributed by atoms with van der Waals surface area (Å²) in [5, 5.41) is 53.9. The molecule has 8 N–H and O–H groups in total. The summed E-state index contributed by atoms with van der Waals surface area (Å²) in [6.07, 6.45) is 0. The van der Waals surface area contributed by atoms with Crippen LogP contribution in [0.3, 0.4) is 0 Å². The van der Waals surface area contributed by atoms with Crippen LogP contribution in [-0.2, 0) is 17.1 Å². The number of hydrogen-bond donors (Lipinski definition) is 6. The van der Waals surface area contributed by atoms with Gasteiger partial charge in [0.1, 0.15) is 0 Å². The van der Waals surface area contributed by atoms with E-state index in [4.69, 9.17) is 11.5 Å². The number of H-pyrrole nitrogens is 2. The Hall–Kier alpha value is -5.42. The molecule has 4 amide bonds. The number of amides is 4. The van der Waals surface area contributed by atoms with E-state index in [1.54, 1.807) is 0 Å². The second-order valence-electron chi connectivity index (χ2n) is 6.69. The molecule has 0 fully saturated rings. The molecular weight excluding hydrogens is 539 g/mol. The minimum absolute atomic E-state index is 0. The molecule has 0 aliphatic rings. The summed E-state index contributed by atoms with van der Waals surface area (Å²) in [6, 6.07) is 5.72. The van der Waals surface area contributed by atoms with Crippen LogP contribution in [0.15, 0.2) is 56.9 Å². The summed E-state index contributed by atoms with van der Waals surface area (Å²) in [7, 11) is 0. The van der Waals surface area contributed by atoms with Crippen LogP contribution in [-0.4, -0.2) is 42.1 Å². The number of aromatic amines is 2. The summed E-state index contributed by atoms with van der Waals surface area (Å²) in [4.78, 5) is 46.1. The van der Waals surface area contributed by atoms with Gasteiger partial charge in [0.2, 0.25) is 11.8 Å². The van der Waals surface area contributed by atoms with Crippen molar-refractivity contribution in [3.63, 3.8) is 0 Å². The van der Waals surface area contributed by atoms with Gasteiger partial charge in [-0.15, -0.1) is 10.2 Å². The number of nitro benzene ring substituents is 2. The van der Waals surface area contributed by atoms with Gasteiger partial charge in [-0.3, -0.25) is 20.2 Å². The Morgan fingerprint density at radius 2 is 1.11 bits per heavy atom. The first kappa shape index (κ1) is 27.8. The van der Waals surface area contributed by atoms with E-state index in [-0.39, 0.29) is 62.4 Å². The second kappa shape index (κ2) is 11.3. The van der Waals surface area contributed by atoms with Crippen LogP contribution in [0.1, 0.15) is 0 Å². The molecule has 2 aromatic heterocycles. The number of non-ortho nitro benzene ring substituents is 2. The van der Waals surface area contributed by atoms with Gasteiger partial charge in [-0.2, -0.15) is 0 Å². The van der Waals surface area contributed by atoms with Crippen molar-refractivity contribution in [1.29, 1.82) is 0 Å². The number of hydrogen-bond acceptors (Lipinski definition) is 10. The SMILES string of the molecule is NC(=O)N=Nc1c(O)[nH]c2ccc([N+](=O)[O-])cc12.NC(=O)N=Nc1c(O)[nH]c2ccc([N+](=O)[O-])cc12.[Mn]. The fourth-order valence-corrected chi connectivity index (χ4v) is 2.93. The summed E-state index contributed by atoms with van der Waals surface area (Å²) in [5.74, 6) is -0.703. The number of urea groups is 2. The van der Waals surface area contributed by atoms with E-state index in [9.17, 15) is 40.0 Å². The number of nitrogens with two attached hydrogens (primary N) is 2. The standard InChI is InChI=1S/2C9H7N5O4.Mn/c2*10-9(16)13-12-7-5-3-4(14(17)18)1-2-6(5)11-8(7)15;/h2*1-3,11,15H,(H2,10,16);. The van der Waals surface area contributed by atoms with E-state index in [1.807, 2.05) is 0 Å². The molecule has 0 saturated carbocycles. The van der Waals surface area contributed by atoms with Crippen LogP contribution in [0, 0.1) is 20.2 Å². The van der Waals surface area contributed by atoms with Crippen molar-refractivity contribution < 1.29 is 46.7 Å². The Balaban J connectivity index is 0.000000253. The first-order chi connectivity index (χ1) is 17.0. The van der Waals surface area contributed by atoms with Crippen molar-refractivity contribution in [2.75, 3.05) is 0 Å². The number of nitrogens with one attached hydrogen (secondary N) is 2. The fourth-order valence-electron chi connectivity index (χ4n) is 2.93. The van der Waals surface area contributed by atoms with Crippen molar-refractivity contribution in [1.82, 2.24) is 9.97 Å². The van der Waals surface area contributed by atoms with Gasteiger partial charge < -0.3 is 31.6 Å². The van der Waals surface area contributed by atoms with Gasteiger partial charge in [-0.1, -0.05) is 10.2 Å². The zero-order valence-electron chi connectivity index (χ0n) is 18.0. The zero-order valence-corrected chi connectivity index (χ0v) is 19.2. The molecule has 0 aliphatic carbocycles. The van der Waals surface area contributed by atoms with E-state index in [1.165, 1.54) is 36.4 Å². The van der Waals surface area contributed by atoms with Crippen LogP contribution in [0.25, 0.3) is 21.8 Å². The average Bonchev–Trinajstić information content (AvgIpc) is 3.29. The number of nitro groups is 2. The van der Waals surface area contributed by atoms with E-state index in [0.29, 0.717) is 11.0 Å². The monoisotopic (exact) mass is 553 g/mol. The van der Waals surface area contributed by atoms with Gasteiger partial charge in [-0.05, 0) is 12.1 Å². The molecule has 37 heavy (non-hydrogen) atoms. The Bertz CT molecular complexity index is 1470. The van der Waals surface area contributed by atoms with E-state index in [2.05, 4.69) is 30.4 Å². The molecule has 4 rings (SSSR count). The minimum atomic E-state index is -1.03. The topological polar surface area (TPSA) is 294 Å². The molecule has 0 aliphatic heterocycles. The number of fused-ring (bicyclic) bond motifs is 2. The van der Waals surface area contributed by atoms with Crippen LogP contribution in [0.5, 0.6) is 11.8 Å². The summed E-state index contributed by atoms with van der Waals surface area (Å²) >= 11 is 0. The van der Waals surface area contributed by atoms with Gasteiger partial charge in [0.15, 0.2) is 11.4 Å². The van der Waals surface area contributed by atoms with Crippen molar-refractivity contribution in [2.45, 2.75) is 0 Å². The van der Waals surface area contributed by atoms with Gasteiger partial charge in [0, 0.05) is 52.1 Å². The fraction of sp³-hybridized carbons (Fsp3) is 0. The summed E-state index contributed by atoms with van der Waals surface area (Å²) in [6.45, 7) is 0. The number of aromatic nitrogens is 2. The van der Waals surface area contributed by atoms with Gasteiger partial charge in [0.05, 0.1) is 20.9 Å². The Kier molecular flexibility index (Phi) is 8.52. The van der Waals surface area contributed by atoms with Crippen molar-refractivity contribution >= 4 is 56.6 Å². The predicted molar refractivity (Wildman–Crippen MR) is 121 cm³/mol. The molecule has 19 heteroatoms. The van der Waals surface area contributed by atoms with Crippen molar-refractivity contribution in [2.24, 2.45) is 31.9 Å². The maximum Gasteiger partial charge on any atom is 0.356 e. The number of carbonyl (C=O) groups is 2. The van der Waals surface area contributed by atoms with Crippen molar-refractivity contribution in [3.05, 3.63) is 56.6 Å². The number of benzene rings is 2. The van der Waals surface area contributed by atoms with Crippen LogP contribution in [0.2, 0.25) is 0 Å². The Morgan fingerprint density at radius 1 is 0.757 bits per heavy atom. The molecule has 18 nitrogen and oxygen atoms in total. The van der Waals surface area contributed by atoms with Crippen molar-refractivity contribution in [3.8, 4) is 11.8 Å². The van der Waals surface area contributed by atoms with Gasteiger partial charge in [-0.25, -0.2) is 9.59 Å². The quantitative estimate of drug-likeness (QED) is 0.0929. The third-order valence-electron chi connectivity index (χ3n) is 4.39. The number of carbonyl (C=O) groups excluding carboxylic acids is 2. The molecule has 1 radical (unpaired) electrons.